The average molecular weight is 539 g/mol. The highest BCUT2D eigenvalue weighted by atomic mass is 79.9. The molecule has 0 radical (unpaired) electrons. The van der Waals surface area contributed by atoms with E-state index in [0.29, 0.717) is 4.47 Å². The molecule has 32 heavy (non-hydrogen) atoms. The molecular weight excluding hydrogens is 513 g/mol. The molecule has 0 aliphatic rings. The van der Waals surface area contributed by atoms with Gasteiger partial charge in [-0.05, 0) is 46.8 Å². The zero-order valence-corrected chi connectivity index (χ0v) is 20.9. The maximum atomic E-state index is 14.8. The largest absolute Gasteiger partial charge is 0.459 e. The molecule has 2 rings (SSSR count). The lowest BCUT2D eigenvalue weighted by Gasteiger charge is -2.27. The molecule has 0 fully saturated rings. The minimum Gasteiger partial charge on any atom is -0.459 e. The Bertz CT molecular complexity index is 952. The Balaban J connectivity index is 2.37. The number of alkyl halides is 2. The third-order valence-electron chi connectivity index (χ3n) is 4.00. The highest BCUT2D eigenvalue weighted by Gasteiger charge is 2.46. The lowest BCUT2D eigenvalue weighted by molar-refractivity contribution is -0.154. The molecule has 0 spiro atoms. The maximum absolute atomic E-state index is 14.8. The first-order chi connectivity index (χ1) is 14.8. The van der Waals surface area contributed by atoms with Gasteiger partial charge >= 0.3 is 25.4 Å². The van der Waals surface area contributed by atoms with Gasteiger partial charge in [0.1, 0.15) is 5.60 Å². The monoisotopic (exact) mass is 538 g/mol. The second kappa shape index (κ2) is 10.5. The van der Waals surface area contributed by atoms with Crippen molar-refractivity contribution in [3.63, 3.8) is 0 Å². The summed E-state index contributed by atoms with van der Waals surface area (Å²) in [7, 11) is -4.02. The third-order valence-corrected chi connectivity index (χ3v) is 6.92. The summed E-state index contributed by atoms with van der Waals surface area (Å²) in [6.07, 6.45) is -0.438. The Kier molecular flexibility index (Phi) is 8.72. The van der Waals surface area contributed by atoms with Gasteiger partial charge in [0.05, 0.1) is 13.2 Å². The van der Waals surface area contributed by atoms with Crippen LogP contribution in [0.4, 0.5) is 8.78 Å². The van der Waals surface area contributed by atoms with Crippen molar-refractivity contribution in [1.29, 1.82) is 0 Å². The second-order valence-corrected chi connectivity index (χ2v) is 10.9. The summed E-state index contributed by atoms with van der Waals surface area (Å²) in [6.45, 7) is 8.08. The van der Waals surface area contributed by atoms with Gasteiger partial charge in [-0.3, -0.25) is 9.36 Å². The Labute approximate surface area is 193 Å². The Hall–Kier alpha value is -1.68. The van der Waals surface area contributed by atoms with Gasteiger partial charge in [-0.15, -0.1) is 0 Å². The quantitative estimate of drug-likeness (QED) is 0.289. The van der Waals surface area contributed by atoms with Crippen molar-refractivity contribution in [2.45, 2.75) is 58.2 Å². The summed E-state index contributed by atoms with van der Waals surface area (Å²) in [5.41, 5.74) is -2.71. The second-order valence-electron chi connectivity index (χ2n) is 7.73. The number of hydrogen-bond acceptors (Lipinski definition) is 8. The van der Waals surface area contributed by atoms with Crippen molar-refractivity contribution in [3.05, 3.63) is 46.0 Å². The van der Waals surface area contributed by atoms with Crippen molar-refractivity contribution in [3.8, 4) is 0 Å². The smallest absolute Gasteiger partial charge is 0.350 e. The van der Waals surface area contributed by atoms with Gasteiger partial charge in [-0.25, -0.2) is 0 Å². The molecule has 0 aliphatic carbocycles. The van der Waals surface area contributed by atoms with Crippen LogP contribution in [0, 0.1) is 0 Å². The number of nitrogens with zero attached hydrogens (tertiary/aromatic N) is 2. The molecule has 2 aromatic rings. The van der Waals surface area contributed by atoms with E-state index in [-0.39, 0.29) is 24.6 Å². The zero-order valence-electron chi connectivity index (χ0n) is 18.4. The van der Waals surface area contributed by atoms with E-state index in [9.17, 15) is 18.1 Å². The van der Waals surface area contributed by atoms with Crippen molar-refractivity contribution in [2.24, 2.45) is 0 Å². The van der Waals surface area contributed by atoms with E-state index in [1.807, 2.05) is 0 Å². The molecule has 0 bridgehead atoms. The number of esters is 1. The first-order valence-electron chi connectivity index (χ1n) is 9.91. The first-order valence-corrected chi connectivity index (χ1v) is 12.3. The number of carbonyl (C=O) groups is 1. The molecule has 1 aromatic carbocycles. The Morgan fingerprint density at radius 1 is 1.16 bits per heavy atom. The number of ether oxygens (including phenoxy) is 1. The van der Waals surface area contributed by atoms with Crippen LogP contribution in [-0.4, -0.2) is 40.6 Å². The molecule has 178 valence electrons. The van der Waals surface area contributed by atoms with Gasteiger partial charge in [0.2, 0.25) is 0 Å². The molecule has 1 atom stereocenters. The lowest BCUT2D eigenvalue weighted by Crippen LogP contribution is -2.34. The van der Waals surface area contributed by atoms with Gasteiger partial charge in [0.15, 0.2) is 11.5 Å². The summed E-state index contributed by atoms with van der Waals surface area (Å²) in [5.74, 6) is -5.67. The molecule has 1 aromatic heterocycles. The Morgan fingerprint density at radius 2 is 1.72 bits per heavy atom. The normalized spacial score (nSPS) is 13.8. The SMILES string of the molecule is CCOP(=O)(OCC)C(Cc1noc(C(F)(F)c2ccc(Br)cc2)n1)C(=O)OC(C)(C)C. The molecule has 0 saturated carbocycles. The topological polar surface area (TPSA) is 101 Å². The molecular formula is C20H26BrF2N2O6P. The van der Waals surface area contributed by atoms with Crippen LogP contribution < -0.4 is 0 Å². The highest BCUT2D eigenvalue weighted by Crippen LogP contribution is 2.54. The summed E-state index contributed by atoms with van der Waals surface area (Å²) >= 11 is 3.19. The fourth-order valence-electron chi connectivity index (χ4n) is 2.69. The lowest BCUT2D eigenvalue weighted by atomic mass is 10.1. The predicted octanol–water partition coefficient (Wildman–Crippen LogP) is 5.49. The highest BCUT2D eigenvalue weighted by molar-refractivity contribution is 9.10. The van der Waals surface area contributed by atoms with Gasteiger partial charge in [-0.2, -0.15) is 13.8 Å². The molecule has 0 aliphatic heterocycles. The van der Waals surface area contributed by atoms with Crippen LogP contribution in [-0.2, 0) is 35.5 Å². The van der Waals surface area contributed by atoms with E-state index in [0.717, 1.165) is 0 Å². The molecule has 1 heterocycles. The van der Waals surface area contributed by atoms with Crippen molar-refractivity contribution in [1.82, 2.24) is 10.1 Å². The molecule has 0 amide bonds. The number of halogens is 3. The van der Waals surface area contributed by atoms with E-state index in [1.165, 1.54) is 24.3 Å². The van der Waals surface area contributed by atoms with Crippen molar-refractivity contribution >= 4 is 29.5 Å². The van der Waals surface area contributed by atoms with Crippen LogP contribution in [0.1, 0.15) is 51.9 Å². The van der Waals surface area contributed by atoms with Crippen LogP contribution in [0.25, 0.3) is 0 Å². The van der Waals surface area contributed by atoms with Crippen molar-refractivity contribution < 1.29 is 36.4 Å². The standard InChI is InChI=1S/C20H26BrF2N2O6P/c1-6-28-32(27,29-7-2)15(17(26)30-19(3,4)5)12-16-24-18(31-25-16)20(22,23)13-8-10-14(21)11-9-13/h8-11,15H,6-7,12H2,1-5H3. The number of carbonyl (C=O) groups excluding carboxylic acids is 1. The van der Waals surface area contributed by atoms with Crippen LogP contribution in [0.2, 0.25) is 0 Å². The first kappa shape index (κ1) is 26.6. The fourth-order valence-corrected chi connectivity index (χ4v) is 4.81. The maximum Gasteiger partial charge on any atom is 0.350 e. The third kappa shape index (κ3) is 6.66. The number of rotatable bonds is 10. The van der Waals surface area contributed by atoms with Gasteiger partial charge < -0.3 is 18.3 Å². The summed E-state index contributed by atoms with van der Waals surface area (Å²) in [4.78, 5) is 16.6. The predicted molar refractivity (Wildman–Crippen MR) is 116 cm³/mol. The van der Waals surface area contributed by atoms with Gasteiger partial charge in [0.25, 0.3) is 0 Å². The minimum atomic E-state index is -4.02. The summed E-state index contributed by atoms with van der Waals surface area (Å²) in [5, 5.41) is 3.56. The van der Waals surface area contributed by atoms with E-state index < -0.39 is 43.1 Å². The average Bonchev–Trinajstić information content (AvgIpc) is 3.15. The van der Waals surface area contributed by atoms with Crippen molar-refractivity contribution in [2.75, 3.05) is 13.2 Å². The van der Waals surface area contributed by atoms with Crippen LogP contribution in [0.15, 0.2) is 33.3 Å². The minimum absolute atomic E-state index is 0.00426. The van der Waals surface area contributed by atoms with E-state index >= 15 is 0 Å². The number of benzene rings is 1. The van der Waals surface area contributed by atoms with Gasteiger partial charge in [-0.1, -0.05) is 33.2 Å². The van der Waals surface area contributed by atoms with Gasteiger partial charge in [0, 0.05) is 16.5 Å². The molecule has 0 N–H and O–H groups in total. The summed E-state index contributed by atoms with van der Waals surface area (Å²) < 4.78 is 64.3. The molecule has 1 unspecified atom stereocenters. The van der Waals surface area contributed by atoms with E-state index in [2.05, 4.69) is 26.1 Å². The molecule has 8 nitrogen and oxygen atoms in total. The molecule has 0 saturated heterocycles. The Morgan fingerprint density at radius 3 is 2.22 bits per heavy atom. The number of hydrogen-bond donors (Lipinski definition) is 0. The molecule has 12 heteroatoms. The van der Waals surface area contributed by atoms with E-state index in [1.54, 1.807) is 34.6 Å². The van der Waals surface area contributed by atoms with Crippen LogP contribution >= 0.6 is 23.5 Å². The fraction of sp³-hybridized carbons (Fsp3) is 0.550. The van der Waals surface area contributed by atoms with Crippen LogP contribution in [0.5, 0.6) is 0 Å². The number of aromatic nitrogens is 2. The zero-order chi connectivity index (χ0) is 24.2. The van der Waals surface area contributed by atoms with Crippen LogP contribution in [0.3, 0.4) is 0 Å². The van der Waals surface area contributed by atoms with E-state index in [4.69, 9.17) is 18.3 Å². The summed E-state index contributed by atoms with van der Waals surface area (Å²) in [6, 6.07) is 5.35.